The molecule has 0 fully saturated rings. The van der Waals surface area contributed by atoms with Gasteiger partial charge < -0.3 is 10.2 Å². The van der Waals surface area contributed by atoms with Crippen LogP contribution >= 0.6 is 0 Å². The van der Waals surface area contributed by atoms with Crippen molar-refractivity contribution in [2.75, 3.05) is 0 Å². The first-order valence-electron chi connectivity index (χ1n) is 9.68. The van der Waals surface area contributed by atoms with Crippen molar-refractivity contribution in [1.29, 1.82) is 0 Å². The van der Waals surface area contributed by atoms with Crippen LogP contribution < -0.4 is 0 Å². The van der Waals surface area contributed by atoms with Crippen LogP contribution in [0.15, 0.2) is 12.1 Å². The first-order chi connectivity index (χ1) is 11.6. The van der Waals surface area contributed by atoms with Crippen molar-refractivity contribution in [2.45, 2.75) is 90.9 Å². The van der Waals surface area contributed by atoms with Gasteiger partial charge in [0.05, 0.1) is 5.56 Å². The van der Waals surface area contributed by atoms with Crippen LogP contribution in [0.5, 0.6) is 5.75 Å². The Balaban J connectivity index is 2.77. The van der Waals surface area contributed by atoms with Gasteiger partial charge in [-0.15, -0.1) is 0 Å². The molecule has 0 bridgehead atoms. The Labute approximate surface area is 147 Å². The van der Waals surface area contributed by atoms with Gasteiger partial charge in [-0.1, -0.05) is 65.2 Å². The van der Waals surface area contributed by atoms with E-state index in [0.717, 1.165) is 49.7 Å². The molecule has 3 heteroatoms. The molecule has 0 aliphatic carbocycles. The van der Waals surface area contributed by atoms with Crippen LogP contribution in [0.25, 0.3) is 0 Å². The third-order valence-corrected chi connectivity index (χ3v) is 4.70. The number of unbranched alkanes of at least 4 members (excludes halogenated alkanes) is 8. The van der Waals surface area contributed by atoms with E-state index < -0.39 is 5.97 Å². The minimum absolute atomic E-state index is 0.263. The van der Waals surface area contributed by atoms with Gasteiger partial charge in [-0.3, -0.25) is 0 Å². The summed E-state index contributed by atoms with van der Waals surface area (Å²) in [6.45, 7) is 4.38. The fourth-order valence-electron chi connectivity index (χ4n) is 3.26. The van der Waals surface area contributed by atoms with Gasteiger partial charge in [-0.2, -0.15) is 0 Å². The fourth-order valence-corrected chi connectivity index (χ4v) is 3.26. The summed E-state index contributed by atoms with van der Waals surface area (Å²) in [5.74, 6) is -0.621. The maximum absolute atomic E-state index is 11.6. The van der Waals surface area contributed by atoms with E-state index in [2.05, 4.69) is 13.8 Å². The normalized spacial score (nSPS) is 10.9. The molecule has 3 nitrogen and oxygen atoms in total. The van der Waals surface area contributed by atoms with Crippen LogP contribution in [0.3, 0.4) is 0 Å². The third-order valence-electron chi connectivity index (χ3n) is 4.70. The summed E-state index contributed by atoms with van der Waals surface area (Å²) in [6, 6.07) is 3.10. The Bertz CT molecular complexity index is 494. The average molecular weight is 335 g/mol. The summed E-state index contributed by atoms with van der Waals surface area (Å²) >= 11 is 0. The number of benzene rings is 1. The van der Waals surface area contributed by atoms with Crippen molar-refractivity contribution in [2.24, 2.45) is 0 Å². The quantitative estimate of drug-likeness (QED) is 0.427. The lowest BCUT2D eigenvalue weighted by atomic mass is 9.91. The fraction of sp³-hybridized carbons (Fsp3) is 0.667. The number of aromatic hydroxyl groups is 1. The van der Waals surface area contributed by atoms with E-state index in [9.17, 15) is 15.0 Å². The zero-order valence-electron chi connectivity index (χ0n) is 15.4. The number of rotatable bonds is 13. The van der Waals surface area contributed by atoms with Crippen molar-refractivity contribution in [3.8, 4) is 5.75 Å². The van der Waals surface area contributed by atoms with Crippen molar-refractivity contribution in [3.05, 3.63) is 28.8 Å². The van der Waals surface area contributed by atoms with Gasteiger partial charge in [-0.05, 0) is 48.9 Å². The molecule has 1 aromatic carbocycles. The molecule has 0 saturated carbocycles. The lowest BCUT2D eigenvalue weighted by Gasteiger charge is -2.15. The predicted octanol–water partition coefficient (Wildman–Crippen LogP) is 6.12. The predicted molar refractivity (Wildman–Crippen MR) is 100.0 cm³/mol. The van der Waals surface area contributed by atoms with E-state index in [1.165, 1.54) is 38.5 Å². The molecule has 0 aliphatic heterocycles. The van der Waals surface area contributed by atoms with E-state index >= 15 is 0 Å². The number of carboxylic acids is 1. The topological polar surface area (TPSA) is 57.5 Å². The minimum Gasteiger partial charge on any atom is -0.508 e. The molecule has 0 unspecified atom stereocenters. The van der Waals surface area contributed by atoms with E-state index in [1.807, 2.05) is 0 Å². The summed E-state index contributed by atoms with van der Waals surface area (Å²) in [5.41, 5.74) is 2.09. The molecule has 24 heavy (non-hydrogen) atoms. The maximum Gasteiger partial charge on any atom is 0.335 e. The number of carbonyl (C=O) groups is 1. The number of carboxylic acid groups (broad SMARTS) is 1. The molecule has 1 aromatic rings. The number of hydrogen-bond donors (Lipinski definition) is 2. The van der Waals surface area contributed by atoms with E-state index in [-0.39, 0.29) is 5.75 Å². The molecular weight excluding hydrogens is 300 g/mol. The molecule has 0 atom stereocenters. The monoisotopic (exact) mass is 334 g/mol. The highest BCUT2D eigenvalue weighted by molar-refractivity contribution is 5.90. The van der Waals surface area contributed by atoms with Crippen molar-refractivity contribution in [1.82, 2.24) is 0 Å². The van der Waals surface area contributed by atoms with E-state index in [4.69, 9.17) is 0 Å². The van der Waals surface area contributed by atoms with Gasteiger partial charge in [0.1, 0.15) is 5.75 Å². The molecule has 0 radical (unpaired) electrons. The lowest BCUT2D eigenvalue weighted by molar-refractivity contribution is 0.0695. The van der Waals surface area contributed by atoms with Crippen molar-refractivity contribution in [3.63, 3.8) is 0 Å². The van der Waals surface area contributed by atoms with Gasteiger partial charge in [0.2, 0.25) is 0 Å². The average Bonchev–Trinajstić information content (AvgIpc) is 2.56. The zero-order chi connectivity index (χ0) is 17.8. The van der Waals surface area contributed by atoms with Crippen molar-refractivity contribution >= 4 is 5.97 Å². The summed E-state index contributed by atoms with van der Waals surface area (Å²) in [6.07, 6.45) is 13.1. The smallest absolute Gasteiger partial charge is 0.335 e. The number of phenolic OH excluding ortho intramolecular Hbond substituents is 1. The Morgan fingerprint density at radius 1 is 0.792 bits per heavy atom. The Morgan fingerprint density at radius 3 is 1.79 bits per heavy atom. The number of aromatic carboxylic acids is 1. The molecule has 0 saturated heterocycles. The van der Waals surface area contributed by atoms with Gasteiger partial charge in [0.25, 0.3) is 0 Å². The van der Waals surface area contributed by atoms with Crippen LogP contribution in [0.2, 0.25) is 0 Å². The lowest BCUT2D eigenvalue weighted by Crippen LogP contribution is -2.07. The molecule has 136 valence electrons. The minimum atomic E-state index is -0.884. The molecule has 0 aliphatic rings. The summed E-state index contributed by atoms with van der Waals surface area (Å²) < 4.78 is 0. The van der Waals surface area contributed by atoms with Crippen LogP contribution in [0.4, 0.5) is 0 Å². The highest BCUT2D eigenvalue weighted by Crippen LogP contribution is 2.28. The Kier molecular flexibility index (Phi) is 10.2. The first kappa shape index (κ1) is 20.5. The highest BCUT2D eigenvalue weighted by atomic mass is 16.4. The van der Waals surface area contributed by atoms with Gasteiger partial charge in [0.15, 0.2) is 0 Å². The van der Waals surface area contributed by atoms with Crippen LogP contribution in [0.1, 0.15) is 99.5 Å². The van der Waals surface area contributed by atoms with Crippen LogP contribution in [0, 0.1) is 0 Å². The van der Waals surface area contributed by atoms with Gasteiger partial charge in [-0.25, -0.2) is 4.79 Å². The van der Waals surface area contributed by atoms with Crippen LogP contribution in [-0.2, 0) is 12.8 Å². The summed E-state index contributed by atoms with van der Waals surface area (Å²) in [7, 11) is 0. The largest absolute Gasteiger partial charge is 0.508 e. The molecule has 0 spiro atoms. The Morgan fingerprint density at radius 2 is 1.29 bits per heavy atom. The van der Waals surface area contributed by atoms with Gasteiger partial charge >= 0.3 is 5.97 Å². The van der Waals surface area contributed by atoms with E-state index in [0.29, 0.717) is 5.56 Å². The van der Waals surface area contributed by atoms with Crippen LogP contribution in [-0.4, -0.2) is 16.2 Å². The molecule has 1 rings (SSSR count). The van der Waals surface area contributed by atoms with Crippen molar-refractivity contribution < 1.29 is 15.0 Å². The summed E-state index contributed by atoms with van der Waals surface area (Å²) in [5, 5.41) is 19.7. The second kappa shape index (κ2) is 11.9. The third kappa shape index (κ3) is 6.94. The summed E-state index contributed by atoms with van der Waals surface area (Å²) in [4.78, 5) is 11.6. The second-order valence-electron chi connectivity index (χ2n) is 6.72. The number of hydrogen-bond acceptors (Lipinski definition) is 2. The zero-order valence-corrected chi connectivity index (χ0v) is 15.4. The molecule has 0 aromatic heterocycles. The Hall–Kier alpha value is -1.51. The first-order valence-corrected chi connectivity index (χ1v) is 9.68. The molecule has 2 N–H and O–H groups in total. The maximum atomic E-state index is 11.6. The van der Waals surface area contributed by atoms with E-state index in [1.54, 1.807) is 12.1 Å². The SMILES string of the molecule is CCCCCCCc1c(O)ccc(C(=O)O)c1CCCCCCC. The standard InChI is InChI=1S/C21H34O3/c1-3-5-7-9-11-13-17-18(14-12-10-8-6-4-2)20(22)16-15-19(17)21(23)24/h15-16,22H,3-14H2,1-2H3,(H,23,24). The molecule has 0 amide bonds. The number of phenols is 1. The molecule has 0 heterocycles. The molecular formula is C21H34O3. The second-order valence-corrected chi connectivity index (χ2v) is 6.72. The van der Waals surface area contributed by atoms with Gasteiger partial charge in [0, 0.05) is 0 Å². The highest BCUT2D eigenvalue weighted by Gasteiger charge is 2.17.